The molecule has 0 N–H and O–H groups in total. The van der Waals surface area contributed by atoms with Crippen molar-refractivity contribution in [3.05, 3.63) is 70.9 Å². The number of hydrogen-bond donors (Lipinski definition) is 0. The maximum absolute atomic E-state index is 14.0. The Morgan fingerprint density at radius 3 is 2.62 bits per heavy atom. The lowest BCUT2D eigenvalue weighted by Gasteiger charge is -2.05. The smallest absolute Gasteiger partial charge is 0.200 e. The summed E-state index contributed by atoms with van der Waals surface area (Å²) in [6, 6.07) is 12.2. The maximum atomic E-state index is 14.0. The van der Waals surface area contributed by atoms with Crippen LogP contribution in [0.5, 0.6) is 0 Å². The third-order valence-corrected chi connectivity index (χ3v) is 4.09. The molecule has 0 unspecified atom stereocenters. The number of hydrogen-bond acceptors (Lipinski definition) is 5. The van der Waals surface area contributed by atoms with Crippen molar-refractivity contribution in [2.45, 2.75) is 6.54 Å². The Kier molecular flexibility index (Phi) is 3.84. The third-order valence-electron chi connectivity index (χ3n) is 3.51. The van der Waals surface area contributed by atoms with Crippen molar-refractivity contribution in [2.75, 3.05) is 0 Å². The van der Waals surface area contributed by atoms with Crippen LogP contribution in [0, 0.1) is 5.82 Å². The van der Waals surface area contributed by atoms with Gasteiger partial charge in [0.05, 0.1) is 12.1 Å². The van der Waals surface area contributed by atoms with Crippen molar-refractivity contribution < 1.29 is 4.39 Å². The fourth-order valence-electron chi connectivity index (χ4n) is 2.36. The molecule has 0 aliphatic heterocycles. The average molecular weight is 337 g/mol. The summed E-state index contributed by atoms with van der Waals surface area (Å²) < 4.78 is 15.7. The van der Waals surface area contributed by atoms with Crippen molar-refractivity contribution >= 4 is 11.3 Å². The van der Waals surface area contributed by atoms with E-state index in [-0.39, 0.29) is 12.4 Å². The van der Waals surface area contributed by atoms with Crippen molar-refractivity contribution in [1.29, 1.82) is 0 Å². The SMILES string of the molecule is Fc1ccccc1Cn1nc(-c2ccccn2)nc1-c1cscn1. The van der Waals surface area contributed by atoms with Crippen LogP contribution in [-0.4, -0.2) is 24.7 Å². The lowest BCUT2D eigenvalue weighted by molar-refractivity contribution is 0.587. The van der Waals surface area contributed by atoms with Crippen LogP contribution < -0.4 is 0 Å². The van der Waals surface area contributed by atoms with Gasteiger partial charge in [0.15, 0.2) is 11.6 Å². The topological polar surface area (TPSA) is 56.5 Å². The fourth-order valence-corrected chi connectivity index (χ4v) is 2.89. The Morgan fingerprint density at radius 1 is 1.00 bits per heavy atom. The van der Waals surface area contributed by atoms with E-state index < -0.39 is 0 Å². The largest absolute Gasteiger partial charge is 0.253 e. The van der Waals surface area contributed by atoms with Gasteiger partial charge in [0, 0.05) is 17.1 Å². The van der Waals surface area contributed by atoms with Crippen molar-refractivity contribution in [2.24, 2.45) is 0 Å². The molecule has 0 spiro atoms. The summed E-state index contributed by atoms with van der Waals surface area (Å²) in [4.78, 5) is 13.1. The summed E-state index contributed by atoms with van der Waals surface area (Å²) in [5.41, 5.74) is 3.66. The number of benzene rings is 1. The van der Waals surface area contributed by atoms with Crippen molar-refractivity contribution in [3.8, 4) is 23.0 Å². The molecule has 0 radical (unpaired) electrons. The van der Waals surface area contributed by atoms with Gasteiger partial charge in [0.1, 0.15) is 17.2 Å². The highest BCUT2D eigenvalue weighted by Gasteiger charge is 2.16. The molecule has 118 valence electrons. The predicted molar refractivity (Wildman–Crippen MR) is 89.9 cm³/mol. The van der Waals surface area contributed by atoms with Gasteiger partial charge in [-0.3, -0.25) is 4.98 Å². The molecule has 0 amide bonds. The molecule has 3 heterocycles. The Bertz CT molecular complexity index is 950. The molecule has 0 aliphatic rings. The fraction of sp³-hybridized carbons (Fsp3) is 0.0588. The van der Waals surface area contributed by atoms with Crippen LogP contribution in [0.1, 0.15) is 5.56 Å². The number of nitrogens with zero attached hydrogens (tertiary/aromatic N) is 5. The van der Waals surface area contributed by atoms with Crippen LogP contribution in [0.2, 0.25) is 0 Å². The molecule has 0 fully saturated rings. The number of halogens is 1. The summed E-state index contributed by atoms with van der Waals surface area (Å²) >= 11 is 1.48. The minimum Gasteiger partial charge on any atom is -0.253 e. The Morgan fingerprint density at radius 2 is 1.88 bits per heavy atom. The summed E-state index contributed by atoms with van der Waals surface area (Å²) in [6.45, 7) is 0.277. The summed E-state index contributed by atoms with van der Waals surface area (Å²) in [7, 11) is 0. The van der Waals surface area contributed by atoms with Gasteiger partial charge in [-0.1, -0.05) is 24.3 Å². The zero-order chi connectivity index (χ0) is 16.4. The quantitative estimate of drug-likeness (QED) is 0.570. The molecule has 0 saturated carbocycles. The lowest BCUT2D eigenvalue weighted by atomic mass is 10.2. The Labute approximate surface area is 141 Å². The van der Waals surface area contributed by atoms with Crippen LogP contribution in [0.25, 0.3) is 23.0 Å². The highest BCUT2D eigenvalue weighted by molar-refractivity contribution is 7.07. The van der Waals surface area contributed by atoms with Crippen LogP contribution in [0.15, 0.2) is 59.6 Å². The molecule has 3 aromatic heterocycles. The van der Waals surface area contributed by atoms with E-state index in [2.05, 4.69) is 20.1 Å². The van der Waals surface area contributed by atoms with Crippen LogP contribution in [-0.2, 0) is 6.54 Å². The highest BCUT2D eigenvalue weighted by atomic mass is 32.1. The molecular formula is C17H12FN5S. The zero-order valence-electron chi connectivity index (χ0n) is 12.5. The molecule has 7 heteroatoms. The van der Waals surface area contributed by atoms with Gasteiger partial charge in [-0.05, 0) is 18.2 Å². The van der Waals surface area contributed by atoms with Gasteiger partial charge in [-0.25, -0.2) is 19.0 Å². The summed E-state index contributed by atoms with van der Waals surface area (Å²) in [5, 5.41) is 6.41. The first-order valence-electron chi connectivity index (χ1n) is 7.29. The van der Waals surface area contributed by atoms with Gasteiger partial charge >= 0.3 is 0 Å². The van der Waals surface area contributed by atoms with Gasteiger partial charge in [-0.15, -0.1) is 16.4 Å². The van der Waals surface area contributed by atoms with E-state index >= 15 is 0 Å². The van der Waals surface area contributed by atoms with Crippen LogP contribution >= 0.6 is 11.3 Å². The minimum atomic E-state index is -0.267. The number of thiazole rings is 1. The van der Waals surface area contributed by atoms with E-state index in [9.17, 15) is 4.39 Å². The zero-order valence-corrected chi connectivity index (χ0v) is 13.3. The van der Waals surface area contributed by atoms with Crippen molar-refractivity contribution in [3.63, 3.8) is 0 Å². The standard InChI is InChI=1S/C17H12FN5S/c18-13-6-2-1-5-12(13)9-23-17(15-10-24-11-20-15)21-16(22-23)14-7-3-4-8-19-14/h1-8,10-11H,9H2. The van der Waals surface area contributed by atoms with E-state index in [0.29, 0.717) is 28.6 Å². The molecule has 0 aliphatic carbocycles. The molecule has 4 rings (SSSR count). The maximum Gasteiger partial charge on any atom is 0.200 e. The lowest BCUT2D eigenvalue weighted by Crippen LogP contribution is -2.06. The second-order valence-corrected chi connectivity index (χ2v) is 5.82. The summed E-state index contributed by atoms with van der Waals surface area (Å²) in [5.74, 6) is 0.826. The Hall–Kier alpha value is -2.93. The van der Waals surface area contributed by atoms with Crippen molar-refractivity contribution in [1.82, 2.24) is 24.7 Å². The molecular weight excluding hydrogens is 325 g/mol. The van der Waals surface area contributed by atoms with Gasteiger partial charge in [-0.2, -0.15) is 0 Å². The number of aromatic nitrogens is 5. The number of rotatable bonds is 4. The molecule has 4 aromatic rings. The molecule has 0 saturated heterocycles. The van der Waals surface area contributed by atoms with E-state index in [1.165, 1.54) is 17.4 Å². The minimum absolute atomic E-state index is 0.267. The predicted octanol–water partition coefficient (Wildman–Crippen LogP) is 3.65. The van der Waals surface area contributed by atoms with Gasteiger partial charge in [0.25, 0.3) is 0 Å². The first-order chi connectivity index (χ1) is 11.8. The average Bonchev–Trinajstić information content (AvgIpc) is 3.27. The van der Waals surface area contributed by atoms with Crippen LogP contribution in [0.4, 0.5) is 4.39 Å². The Balaban J connectivity index is 1.80. The molecule has 0 bridgehead atoms. The second kappa shape index (κ2) is 6.29. The third kappa shape index (κ3) is 2.81. The molecule has 0 atom stereocenters. The van der Waals surface area contributed by atoms with E-state index in [0.717, 1.165) is 0 Å². The molecule has 24 heavy (non-hydrogen) atoms. The monoisotopic (exact) mass is 337 g/mol. The van der Waals surface area contributed by atoms with Gasteiger partial charge < -0.3 is 0 Å². The highest BCUT2D eigenvalue weighted by Crippen LogP contribution is 2.22. The van der Waals surface area contributed by atoms with E-state index in [1.807, 2.05) is 23.6 Å². The van der Waals surface area contributed by atoms with Crippen LogP contribution in [0.3, 0.4) is 0 Å². The first kappa shape index (κ1) is 14.6. The first-order valence-corrected chi connectivity index (χ1v) is 8.24. The van der Waals surface area contributed by atoms with Gasteiger partial charge in [0.2, 0.25) is 0 Å². The normalized spacial score (nSPS) is 10.9. The second-order valence-electron chi connectivity index (χ2n) is 5.10. The summed E-state index contributed by atoms with van der Waals surface area (Å²) in [6.07, 6.45) is 1.69. The van der Waals surface area contributed by atoms with E-state index in [1.54, 1.807) is 34.6 Å². The van der Waals surface area contributed by atoms with E-state index in [4.69, 9.17) is 0 Å². The molecule has 5 nitrogen and oxygen atoms in total. The number of pyridine rings is 1. The molecule has 1 aromatic carbocycles.